The number of carbonyl (C=O) groups excluding carboxylic acids is 2. The Balaban J connectivity index is 2.04. The summed E-state index contributed by atoms with van der Waals surface area (Å²) in [5, 5.41) is 0. The Labute approximate surface area is 99.3 Å². The molecule has 0 fully saturated rings. The maximum absolute atomic E-state index is 10.9. The van der Waals surface area contributed by atoms with Gasteiger partial charge in [-0.15, -0.1) is 0 Å². The first-order chi connectivity index (χ1) is 8.33. The minimum absolute atomic E-state index is 0.197. The summed E-state index contributed by atoms with van der Waals surface area (Å²) in [6.45, 7) is 0.0541. The fraction of sp³-hybridized carbons (Fsp3) is 0.333. The maximum Gasteiger partial charge on any atom is 0.511 e. The van der Waals surface area contributed by atoms with Crippen LogP contribution in [-0.2, 0) is 25.4 Å². The molecule has 0 radical (unpaired) electrons. The summed E-state index contributed by atoms with van der Waals surface area (Å²) in [4.78, 5) is 20.6. The Morgan fingerprint density at radius 1 is 1.18 bits per heavy atom. The second kappa shape index (κ2) is 8.15. The number of benzene rings is 1. The average Bonchev–Trinajstić information content (AvgIpc) is 2.36. The quantitative estimate of drug-likeness (QED) is 0.314. The molecule has 5 nitrogen and oxygen atoms in total. The van der Waals surface area contributed by atoms with Crippen molar-refractivity contribution in [3.63, 3.8) is 0 Å². The van der Waals surface area contributed by atoms with Crippen LogP contribution in [0.3, 0.4) is 0 Å². The maximum atomic E-state index is 10.9. The lowest BCUT2D eigenvalue weighted by molar-refractivity contribution is -0.137. The van der Waals surface area contributed by atoms with E-state index in [4.69, 9.17) is 4.74 Å². The van der Waals surface area contributed by atoms with Crippen molar-refractivity contribution in [1.82, 2.24) is 0 Å². The van der Waals surface area contributed by atoms with E-state index in [0.29, 0.717) is 6.42 Å². The molecule has 0 heterocycles. The predicted molar refractivity (Wildman–Crippen MR) is 59.2 cm³/mol. The summed E-state index contributed by atoms with van der Waals surface area (Å²) in [6, 6.07) is 9.89. The van der Waals surface area contributed by atoms with Gasteiger partial charge in [-0.1, -0.05) is 30.3 Å². The van der Waals surface area contributed by atoms with E-state index in [1.807, 2.05) is 30.3 Å². The van der Waals surface area contributed by atoms with E-state index in [9.17, 15) is 9.59 Å². The number of aryl methyl sites for hydroxylation is 1. The van der Waals surface area contributed by atoms with Crippen molar-refractivity contribution in [2.75, 3.05) is 13.4 Å². The number of carbonyl (C=O) groups is 2. The monoisotopic (exact) mass is 238 g/mol. The van der Waals surface area contributed by atoms with Gasteiger partial charge in [0.15, 0.2) is 0 Å². The van der Waals surface area contributed by atoms with Crippen molar-refractivity contribution < 1.29 is 23.8 Å². The van der Waals surface area contributed by atoms with Crippen LogP contribution in [0.2, 0.25) is 0 Å². The first kappa shape index (κ1) is 13.0. The van der Waals surface area contributed by atoms with Crippen LogP contribution in [0.15, 0.2) is 30.3 Å². The highest BCUT2D eigenvalue weighted by Gasteiger charge is 2.02. The van der Waals surface area contributed by atoms with Crippen molar-refractivity contribution in [3.8, 4) is 0 Å². The number of rotatable bonds is 7. The normalized spacial score (nSPS) is 9.41. The fourth-order valence-corrected chi connectivity index (χ4v) is 1.23. The van der Waals surface area contributed by atoms with Crippen LogP contribution in [0.25, 0.3) is 0 Å². The van der Waals surface area contributed by atoms with Crippen LogP contribution in [-0.4, -0.2) is 26.0 Å². The Hall–Kier alpha value is -2.04. The summed E-state index contributed by atoms with van der Waals surface area (Å²) in [5.41, 5.74) is 1.19. The lowest BCUT2D eigenvalue weighted by Crippen LogP contribution is -2.11. The van der Waals surface area contributed by atoms with Crippen LogP contribution in [0, 0.1) is 0 Å². The molecule has 0 aliphatic heterocycles. The second-order valence-electron chi connectivity index (χ2n) is 3.21. The van der Waals surface area contributed by atoms with Gasteiger partial charge in [-0.05, 0) is 18.4 Å². The largest absolute Gasteiger partial charge is 0.511 e. The van der Waals surface area contributed by atoms with Gasteiger partial charge in [0, 0.05) is 0 Å². The molecule has 0 N–H and O–H groups in total. The van der Waals surface area contributed by atoms with Crippen molar-refractivity contribution in [1.29, 1.82) is 0 Å². The second-order valence-corrected chi connectivity index (χ2v) is 3.21. The van der Waals surface area contributed by atoms with E-state index in [0.717, 1.165) is 6.42 Å². The Bertz CT molecular complexity index is 336. The molecule has 0 amide bonds. The molecule has 0 spiro atoms. The smallest absolute Gasteiger partial charge is 0.434 e. The van der Waals surface area contributed by atoms with Gasteiger partial charge >= 0.3 is 6.16 Å². The lowest BCUT2D eigenvalue weighted by atomic mass is 10.1. The van der Waals surface area contributed by atoms with Gasteiger partial charge < -0.3 is 14.2 Å². The van der Waals surface area contributed by atoms with Crippen LogP contribution in [0.4, 0.5) is 4.79 Å². The molecule has 0 aliphatic rings. The van der Waals surface area contributed by atoms with Gasteiger partial charge in [-0.2, -0.15) is 0 Å². The SMILES string of the molecule is O=COCOC(=O)OCCCc1ccccc1. The highest BCUT2D eigenvalue weighted by molar-refractivity contribution is 5.59. The molecule has 0 saturated heterocycles. The van der Waals surface area contributed by atoms with E-state index < -0.39 is 12.9 Å². The highest BCUT2D eigenvalue weighted by Crippen LogP contribution is 2.02. The third-order valence-corrected chi connectivity index (χ3v) is 1.99. The van der Waals surface area contributed by atoms with Crippen LogP contribution >= 0.6 is 0 Å². The van der Waals surface area contributed by atoms with E-state index >= 15 is 0 Å². The molecular weight excluding hydrogens is 224 g/mol. The zero-order chi connectivity index (χ0) is 12.3. The minimum atomic E-state index is -0.833. The molecule has 0 bridgehead atoms. The van der Waals surface area contributed by atoms with Gasteiger partial charge in [0.25, 0.3) is 6.47 Å². The molecular formula is C12H14O5. The summed E-state index contributed by atoms with van der Waals surface area (Å²) >= 11 is 0. The van der Waals surface area contributed by atoms with Crippen molar-refractivity contribution in [2.45, 2.75) is 12.8 Å². The van der Waals surface area contributed by atoms with Gasteiger partial charge in [0.05, 0.1) is 6.61 Å². The highest BCUT2D eigenvalue weighted by atomic mass is 16.8. The van der Waals surface area contributed by atoms with Gasteiger partial charge in [0.2, 0.25) is 6.79 Å². The lowest BCUT2D eigenvalue weighted by Gasteiger charge is -2.05. The van der Waals surface area contributed by atoms with E-state index in [-0.39, 0.29) is 13.1 Å². The molecule has 5 heteroatoms. The van der Waals surface area contributed by atoms with Crippen molar-refractivity contribution in [3.05, 3.63) is 35.9 Å². The average molecular weight is 238 g/mol. The molecule has 1 rings (SSSR count). The number of ether oxygens (including phenoxy) is 3. The third-order valence-electron chi connectivity index (χ3n) is 1.99. The zero-order valence-electron chi connectivity index (χ0n) is 9.33. The number of hydrogen-bond donors (Lipinski definition) is 0. The first-order valence-electron chi connectivity index (χ1n) is 5.21. The summed E-state index contributed by atoms with van der Waals surface area (Å²) < 4.78 is 13.3. The van der Waals surface area contributed by atoms with E-state index in [1.54, 1.807) is 0 Å². The summed E-state index contributed by atoms with van der Waals surface area (Å²) in [7, 11) is 0. The molecule has 0 aliphatic carbocycles. The molecule has 17 heavy (non-hydrogen) atoms. The topological polar surface area (TPSA) is 61.8 Å². The summed E-state index contributed by atoms with van der Waals surface area (Å²) in [5.74, 6) is 0. The predicted octanol–water partition coefficient (Wildman–Crippen LogP) is 1.90. The van der Waals surface area contributed by atoms with Gasteiger partial charge in [-0.3, -0.25) is 4.79 Å². The van der Waals surface area contributed by atoms with E-state index in [2.05, 4.69) is 9.47 Å². The molecule has 0 saturated carbocycles. The Kier molecular flexibility index (Phi) is 6.25. The van der Waals surface area contributed by atoms with Crippen LogP contribution in [0.1, 0.15) is 12.0 Å². The first-order valence-corrected chi connectivity index (χ1v) is 5.21. The minimum Gasteiger partial charge on any atom is -0.434 e. The Morgan fingerprint density at radius 3 is 2.65 bits per heavy atom. The summed E-state index contributed by atoms with van der Waals surface area (Å²) in [6.07, 6.45) is 0.715. The Morgan fingerprint density at radius 2 is 1.94 bits per heavy atom. The zero-order valence-corrected chi connectivity index (χ0v) is 9.33. The number of hydrogen-bond acceptors (Lipinski definition) is 5. The van der Waals surface area contributed by atoms with Crippen molar-refractivity contribution >= 4 is 12.6 Å². The van der Waals surface area contributed by atoms with Crippen molar-refractivity contribution in [2.24, 2.45) is 0 Å². The van der Waals surface area contributed by atoms with Crippen LogP contribution in [0.5, 0.6) is 0 Å². The fourth-order valence-electron chi connectivity index (χ4n) is 1.23. The molecule has 0 atom stereocenters. The molecule has 92 valence electrons. The van der Waals surface area contributed by atoms with Gasteiger partial charge in [-0.25, -0.2) is 4.79 Å². The van der Waals surface area contributed by atoms with Gasteiger partial charge in [0.1, 0.15) is 0 Å². The van der Waals surface area contributed by atoms with E-state index in [1.165, 1.54) is 5.56 Å². The third kappa shape index (κ3) is 6.19. The molecule has 1 aromatic carbocycles. The molecule has 1 aromatic rings. The van der Waals surface area contributed by atoms with Crippen LogP contribution < -0.4 is 0 Å². The molecule has 0 aromatic heterocycles. The standard InChI is InChI=1S/C12H14O5/c13-9-15-10-17-12(14)16-8-4-7-11-5-2-1-3-6-11/h1-3,5-6,9H,4,7-8,10H2. The molecule has 0 unspecified atom stereocenters.